The molecular weight excluding hydrogens is 428 g/mol. The molecule has 3 aromatic rings. The molecule has 3 aliphatic heterocycles. The van der Waals surface area contributed by atoms with Crippen molar-refractivity contribution in [2.24, 2.45) is 0 Å². The van der Waals surface area contributed by atoms with Gasteiger partial charge in [-0.05, 0) is 84.5 Å². The lowest BCUT2D eigenvalue weighted by atomic mass is 9.87. The lowest BCUT2D eigenvalue weighted by molar-refractivity contribution is 0.109. The third-order valence-corrected chi connectivity index (χ3v) is 7.84. The second kappa shape index (κ2) is 9.04. The molecule has 0 bridgehead atoms. The number of pyridine rings is 1. The molecule has 2 fully saturated rings. The second-order valence-corrected chi connectivity index (χ2v) is 9.75. The van der Waals surface area contributed by atoms with Crippen LogP contribution in [0.3, 0.4) is 0 Å². The van der Waals surface area contributed by atoms with Gasteiger partial charge in [-0.3, -0.25) is 0 Å². The molecule has 34 heavy (non-hydrogen) atoms. The van der Waals surface area contributed by atoms with E-state index in [9.17, 15) is 4.79 Å². The Morgan fingerprint density at radius 2 is 2.03 bits per heavy atom. The van der Waals surface area contributed by atoms with Gasteiger partial charge >= 0.3 is 6.09 Å². The van der Waals surface area contributed by atoms with Crippen molar-refractivity contribution in [3.63, 3.8) is 0 Å². The predicted octanol–water partition coefficient (Wildman–Crippen LogP) is 4.67. The first kappa shape index (κ1) is 21.6. The van der Waals surface area contributed by atoms with Gasteiger partial charge in [0.25, 0.3) is 0 Å². The van der Waals surface area contributed by atoms with E-state index in [2.05, 4.69) is 34.7 Å². The molecule has 2 saturated heterocycles. The number of hydrogen-bond donors (Lipinski definition) is 2. The Hall–Kier alpha value is -2.90. The summed E-state index contributed by atoms with van der Waals surface area (Å²) in [5, 5.41) is 4.87. The molecular formula is C27H32N4O3. The fraction of sp³-hybridized carbons (Fsp3) is 0.481. The van der Waals surface area contributed by atoms with Crippen LogP contribution in [0, 0.1) is 0 Å². The molecule has 1 unspecified atom stereocenters. The largest absolute Gasteiger partial charge is 0.453 e. The number of methoxy groups -OCH3 is 1. The topological polar surface area (TPSA) is 79.5 Å². The molecule has 1 aromatic carbocycles. The van der Waals surface area contributed by atoms with E-state index in [1.807, 2.05) is 6.20 Å². The third kappa shape index (κ3) is 3.87. The average Bonchev–Trinajstić information content (AvgIpc) is 3.58. The van der Waals surface area contributed by atoms with Crippen LogP contribution in [0.15, 0.2) is 30.6 Å². The van der Waals surface area contributed by atoms with Crippen LogP contribution in [0.25, 0.3) is 22.2 Å². The number of carbonyl (C=O) groups is 1. The predicted molar refractivity (Wildman–Crippen MR) is 131 cm³/mol. The molecule has 2 N–H and O–H groups in total. The zero-order valence-corrected chi connectivity index (χ0v) is 19.7. The summed E-state index contributed by atoms with van der Waals surface area (Å²) >= 11 is 0. The Morgan fingerprint density at radius 3 is 2.82 bits per heavy atom. The minimum Gasteiger partial charge on any atom is -0.453 e. The summed E-state index contributed by atoms with van der Waals surface area (Å²) in [5.74, 6) is 0.408. The summed E-state index contributed by atoms with van der Waals surface area (Å²) in [7, 11) is 1.45. The maximum absolute atomic E-state index is 11.9. The number of aromatic amines is 1. The lowest BCUT2D eigenvalue weighted by Gasteiger charge is -2.30. The minimum absolute atomic E-state index is 0.230. The van der Waals surface area contributed by atoms with Crippen LogP contribution in [0.2, 0.25) is 0 Å². The van der Waals surface area contributed by atoms with Crippen molar-refractivity contribution >= 4 is 17.1 Å². The molecule has 0 radical (unpaired) electrons. The molecule has 3 aliphatic rings. The van der Waals surface area contributed by atoms with E-state index in [1.165, 1.54) is 53.2 Å². The molecule has 1 atom stereocenters. The van der Waals surface area contributed by atoms with Gasteiger partial charge in [0.05, 0.1) is 20.3 Å². The molecule has 5 heterocycles. The van der Waals surface area contributed by atoms with E-state index in [0.29, 0.717) is 18.6 Å². The highest BCUT2D eigenvalue weighted by Crippen LogP contribution is 2.37. The number of carbonyl (C=O) groups excluding carboxylic acids is 1. The lowest BCUT2D eigenvalue weighted by Crippen LogP contribution is -2.37. The van der Waals surface area contributed by atoms with Crippen LogP contribution in [-0.2, 0) is 22.5 Å². The van der Waals surface area contributed by atoms with Crippen LogP contribution in [-0.4, -0.2) is 54.3 Å². The molecule has 7 heteroatoms. The number of fused-ring (bicyclic) bond motifs is 2. The van der Waals surface area contributed by atoms with Crippen molar-refractivity contribution in [2.45, 2.75) is 50.7 Å². The number of piperidine rings is 1. The summed E-state index contributed by atoms with van der Waals surface area (Å²) < 4.78 is 10.7. The van der Waals surface area contributed by atoms with Gasteiger partial charge in [0.2, 0.25) is 0 Å². The van der Waals surface area contributed by atoms with Crippen molar-refractivity contribution in [3.05, 3.63) is 52.8 Å². The number of ether oxygens (including phenoxy) is 2. The van der Waals surface area contributed by atoms with Gasteiger partial charge in [-0.15, -0.1) is 0 Å². The molecule has 0 aliphatic carbocycles. The Balaban J connectivity index is 1.34. The van der Waals surface area contributed by atoms with Gasteiger partial charge in [-0.2, -0.15) is 0 Å². The molecule has 2 aromatic heterocycles. The van der Waals surface area contributed by atoms with E-state index in [0.717, 1.165) is 56.7 Å². The van der Waals surface area contributed by atoms with E-state index in [-0.39, 0.29) is 6.09 Å². The molecule has 1 amide bonds. The summed E-state index contributed by atoms with van der Waals surface area (Å²) in [6.45, 7) is 4.03. The smallest absolute Gasteiger partial charge is 0.409 e. The number of aromatic nitrogens is 2. The van der Waals surface area contributed by atoms with Gasteiger partial charge in [0, 0.05) is 42.5 Å². The fourth-order valence-corrected chi connectivity index (χ4v) is 5.96. The standard InChI is InChI=1S/C27H32N4O3/c1-33-27(32)31-8-4-17(5-9-31)23-15-30-26-22(23)13-20(14-29-26)19-11-18-6-10-34-16-24(18)21(12-19)25-3-2-7-28-25/h11-15,17,25,28H,2-10,16H2,1H3,(H,29,30). The van der Waals surface area contributed by atoms with Crippen LogP contribution in [0.5, 0.6) is 0 Å². The van der Waals surface area contributed by atoms with E-state index < -0.39 is 0 Å². The number of nitrogens with one attached hydrogen (secondary N) is 2. The highest BCUT2D eigenvalue weighted by atomic mass is 16.5. The summed E-state index contributed by atoms with van der Waals surface area (Å²) in [6, 6.07) is 7.42. The van der Waals surface area contributed by atoms with E-state index >= 15 is 0 Å². The molecule has 178 valence electrons. The number of nitrogens with zero attached hydrogens (tertiary/aromatic N) is 2. The van der Waals surface area contributed by atoms with Gasteiger partial charge in [0.15, 0.2) is 0 Å². The first-order valence-electron chi connectivity index (χ1n) is 12.5. The van der Waals surface area contributed by atoms with Crippen molar-refractivity contribution < 1.29 is 14.3 Å². The maximum Gasteiger partial charge on any atom is 0.409 e. The number of hydrogen-bond acceptors (Lipinski definition) is 5. The molecule has 0 saturated carbocycles. The number of likely N-dealkylation sites (tertiary alicyclic amines) is 1. The molecule has 0 spiro atoms. The van der Waals surface area contributed by atoms with Gasteiger partial charge < -0.3 is 24.7 Å². The monoisotopic (exact) mass is 460 g/mol. The van der Waals surface area contributed by atoms with Gasteiger partial charge in [0.1, 0.15) is 5.65 Å². The van der Waals surface area contributed by atoms with Crippen molar-refractivity contribution in [3.8, 4) is 11.1 Å². The normalized spacial score (nSPS) is 21.1. The van der Waals surface area contributed by atoms with Crippen molar-refractivity contribution in [1.29, 1.82) is 0 Å². The Bertz CT molecular complexity index is 1210. The highest BCUT2D eigenvalue weighted by Gasteiger charge is 2.27. The van der Waals surface area contributed by atoms with Gasteiger partial charge in [-0.1, -0.05) is 6.07 Å². The molecule has 6 rings (SSSR count). The number of rotatable bonds is 3. The van der Waals surface area contributed by atoms with Crippen LogP contribution >= 0.6 is 0 Å². The Labute approximate surface area is 199 Å². The summed E-state index contributed by atoms with van der Waals surface area (Å²) in [6.07, 6.45) is 9.11. The van der Waals surface area contributed by atoms with Crippen LogP contribution in [0.1, 0.15) is 59.9 Å². The Morgan fingerprint density at radius 1 is 1.15 bits per heavy atom. The SMILES string of the molecule is COC(=O)N1CCC(c2c[nH]c3ncc(-c4cc5c(c(C6CCCN6)c4)COCC5)cc23)CC1. The summed E-state index contributed by atoms with van der Waals surface area (Å²) in [4.78, 5) is 21.8. The number of benzene rings is 1. The average molecular weight is 461 g/mol. The number of H-pyrrole nitrogens is 1. The minimum atomic E-state index is -0.230. The van der Waals surface area contributed by atoms with E-state index in [4.69, 9.17) is 14.5 Å². The van der Waals surface area contributed by atoms with Crippen LogP contribution in [0.4, 0.5) is 4.79 Å². The first-order valence-corrected chi connectivity index (χ1v) is 12.5. The fourth-order valence-electron chi connectivity index (χ4n) is 5.96. The number of amides is 1. The molecule has 7 nitrogen and oxygen atoms in total. The second-order valence-electron chi connectivity index (χ2n) is 9.75. The third-order valence-electron chi connectivity index (χ3n) is 7.84. The zero-order valence-electron chi connectivity index (χ0n) is 19.7. The van der Waals surface area contributed by atoms with Crippen LogP contribution < -0.4 is 5.32 Å². The highest BCUT2D eigenvalue weighted by molar-refractivity contribution is 5.85. The first-order chi connectivity index (χ1) is 16.7. The zero-order chi connectivity index (χ0) is 23.1. The van der Waals surface area contributed by atoms with Gasteiger partial charge in [-0.25, -0.2) is 9.78 Å². The Kier molecular flexibility index (Phi) is 5.75. The summed E-state index contributed by atoms with van der Waals surface area (Å²) in [5.41, 5.74) is 8.82. The van der Waals surface area contributed by atoms with Crippen molar-refractivity contribution in [2.75, 3.05) is 33.4 Å². The van der Waals surface area contributed by atoms with Crippen molar-refractivity contribution in [1.82, 2.24) is 20.2 Å². The van der Waals surface area contributed by atoms with E-state index in [1.54, 1.807) is 4.90 Å². The quantitative estimate of drug-likeness (QED) is 0.594. The maximum atomic E-state index is 11.9.